The van der Waals surface area contributed by atoms with Gasteiger partial charge < -0.3 is 14.2 Å². The van der Waals surface area contributed by atoms with Crippen LogP contribution in [0.3, 0.4) is 0 Å². The number of fused-ring (bicyclic) bond motifs is 1. The third-order valence-corrected chi connectivity index (χ3v) is 5.70. The van der Waals surface area contributed by atoms with Gasteiger partial charge in [0.05, 0.1) is 36.7 Å². The van der Waals surface area contributed by atoms with E-state index in [-0.39, 0.29) is 18.5 Å². The zero-order chi connectivity index (χ0) is 26.9. The molecule has 0 saturated carbocycles. The fourth-order valence-electron chi connectivity index (χ4n) is 3.85. The Balaban J connectivity index is 1.56. The van der Waals surface area contributed by atoms with Gasteiger partial charge in [-0.25, -0.2) is 10.4 Å². The standard InChI is InChI=1S/C30H29N3O5/c1-4-15-37-24-12-10-22(11-13-24)28-17-26(25-7-5-6-8-27(25)32-28)30(35)33-31-18-21-9-14-29(36-3)23(16-21)19-38-20(2)34/h5-14,16-18H,4,15,19H2,1-3H3,(H,33,35)/b31-18-. The molecule has 1 amide bonds. The zero-order valence-corrected chi connectivity index (χ0v) is 21.6. The van der Waals surface area contributed by atoms with Crippen molar-refractivity contribution in [1.29, 1.82) is 0 Å². The molecule has 194 valence electrons. The minimum Gasteiger partial charge on any atom is -0.496 e. The Morgan fingerprint density at radius 2 is 1.82 bits per heavy atom. The van der Waals surface area contributed by atoms with Crippen molar-refractivity contribution in [3.8, 4) is 22.8 Å². The number of nitrogens with zero attached hydrogens (tertiary/aromatic N) is 2. The van der Waals surface area contributed by atoms with Crippen molar-refractivity contribution in [1.82, 2.24) is 10.4 Å². The maximum Gasteiger partial charge on any atom is 0.302 e. The highest BCUT2D eigenvalue weighted by Crippen LogP contribution is 2.26. The maximum absolute atomic E-state index is 13.2. The van der Waals surface area contributed by atoms with Crippen LogP contribution >= 0.6 is 0 Å². The molecule has 1 N–H and O–H groups in total. The van der Waals surface area contributed by atoms with Crippen LogP contribution < -0.4 is 14.9 Å². The predicted molar refractivity (Wildman–Crippen MR) is 146 cm³/mol. The van der Waals surface area contributed by atoms with Gasteiger partial charge in [0.15, 0.2) is 0 Å². The molecular weight excluding hydrogens is 482 g/mol. The van der Waals surface area contributed by atoms with Crippen molar-refractivity contribution < 1.29 is 23.8 Å². The van der Waals surface area contributed by atoms with E-state index in [1.54, 1.807) is 31.4 Å². The number of hydrogen-bond acceptors (Lipinski definition) is 7. The summed E-state index contributed by atoms with van der Waals surface area (Å²) in [6, 6.07) is 22.2. The molecule has 0 aliphatic carbocycles. The summed E-state index contributed by atoms with van der Waals surface area (Å²) >= 11 is 0. The Morgan fingerprint density at radius 3 is 2.55 bits per heavy atom. The van der Waals surface area contributed by atoms with E-state index in [0.717, 1.165) is 23.1 Å². The molecule has 8 heteroatoms. The van der Waals surface area contributed by atoms with Gasteiger partial charge in [-0.15, -0.1) is 0 Å². The molecule has 4 rings (SSSR count). The van der Waals surface area contributed by atoms with Crippen LogP contribution in [0.4, 0.5) is 0 Å². The summed E-state index contributed by atoms with van der Waals surface area (Å²) in [4.78, 5) is 29.2. The third kappa shape index (κ3) is 6.53. The summed E-state index contributed by atoms with van der Waals surface area (Å²) in [5, 5.41) is 4.87. The fourth-order valence-corrected chi connectivity index (χ4v) is 3.85. The molecule has 1 heterocycles. The molecule has 4 aromatic rings. The first kappa shape index (κ1) is 26.3. The minimum atomic E-state index is -0.386. The smallest absolute Gasteiger partial charge is 0.302 e. The first-order valence-corrected chi connectivity index (χ1v) is 12.2. The molecule has 0 aliphatic heterocycles. The van der Waals surface area contributed by atoms with E-state index in [1.165, 1.54) is 13.1 Å². The van der Waals surface area contributed by atoms with E-state index in [0.29, 0.717) is 40.3 Å². The summed E-state index contributed by atoms with van der Waals surface area (Å²) in [6.07, 6.45) is 2.46. The SMILES string of the molecule is CCCOc1ccc(-c2cc(C(=O)N/N=C\c3ccc(OC)c(COC(C)=O)c3)c3ccccc3n2)cc1. The molecule has 1 aromatic heterocycles. The third-order valence-electron chi connectivity index (χ3n) is 5.70. The molecule has 0 spiro atoms. The van der Waals surface area contributed by atoms with Crippen LogP contribution in [-0.2, 0) is 16.1 Å². The first-order chi connectivity index (χ1) is 18.5. The van der Waals surface area contributed by atoms with Crippen LogP contribution in [-0.4, -0.2) is 36.8 Å². The molecule has 0 unspecified atom stereocenters. The number of nitrogens with one attached hydrogen (secondary N) is 1. The van der Waals surface area contributed by atoms with Gasteiger partial charge in [-0.2, -0.15) is 5.10 Å². The normalized spacial score (nSPS) is 10.9. The lowest BCUT2D eigenvalue weighted by Gasteiger charge is -2.10. The van der Waals surface area contributed by atoms with E-state index >= 15 is 0 Å². The minimum absolute atomic E-state index is 0.0734. The lowest BCUT2D eigenvalue weighted by atomic mass is 10.0. The lowest BCUT2D eigenvalue weighted by Crippen LogP contribution is -2.18. The molecule has 0 bridgehead atoms. The number of hydrazone groups is 1. The molecule has 0 saturated heterocycles. The summed E-state index contributed by atoms with van der Waals surface area (Å²) in [5.41, 5.74) is 6.72. The van der Waals surface area contributed by atoms with Crippen LogP contribution in [0, 0.1) is 0 Å². The van der Waals surface area contributed by atoms with Crippen LogP contribution in [0.15, 0.2) is 77.9 Å². The number of esters is 1. The number of carbonyl (C=O) groups is 2. The van der Waals surface area contributed by atoms with Gasteiger partial charge in [-0.3, -0.25) is 9.59 Å². The van der Waals surface area contributed by atoms with Gasteiger partial charge in [-0.05, 0) is 66.6 Å². The first-order valence-electron chi connectivity index (χ1n) is 12.2. The predicted octanol–water partition coefficient (Wildman–Crippen LogP) is 5.53. The van der Waals surface area contributed by atoms with Crippen LogP contribution in [0.1, 0.15) is 41.8 Å². The van der Waals surface area contributed by atoms with Crippen molar-refractivity contribution in [3.05, 3.63) is 89.5 Å². The lowest BCUT2D eigenvalue weighted by molar-refractivity contribution is -0.142. The number of rotatable bonds is 10. The summed E-state index contributed by atoms with van der Waals surface area (Å²) in [6.45, 7) is 4.13. The maximum atomic E-state index is 13.2. The summed E-state index contributed by atoms with van der Waals surface area (Å²) in [5.74, 6) is 0.632. The zero-order valence-electron chi connectivity index (χ0n) is 21.6. The molecule has 0 atom stereocenters. The molecule has 3 aromatic carbocycles. The van der Waals surface area contributed by atoms with Crippen molar-refractivity contribution in [3.63, 3.8) is 0 Å². The van der Waals surface area contributed by atoms with Crippen molar-refractivity contribution in [2.24, 2.45) is 5.10 Å². The second kappa shape index (κ2) is 12.5. The number of hydrogen-bond donors (Lipinski definition) is 1. The second-order valence-electron chi connectivity index (χ2n) is 8.50. The molecule has 0 aliphatic rings. The quantitative estimate of drug-likeness (QED) is 0.171. The topological polar surface area (TPSA) is 99.1 Å². The summed E-state index contributed by atoms with van der Waals surface area (Å²) < 4.78 is 16.1. The number of benzene rings is 3. The van der Waals surface area contributed by atoms with Crippen LogP contribution in [0.2, 0.25) is 0 Å². The Morgan fingerprint density at radius 1 is 1.03 bits per heavy atom. The highest BCUT2D eigenvalue weighted by molar-refractivity contribution is 6.07. The molecule has 8 nitrogen and oxygen atoms in total. The van der Waals surface area contributed by atoms with Crippen LogP contribution in [0.5, 0.6) is 11.5 Å². The average molecular weight is 512 g/mol. The van der Waals surface area contributed by atoms with E-state index in [4.69, 9.17) is 19.2 Å². The van der Waals surface area contributed by atoms with Crippen molar-refractivity contribution in [2.75, 3.05) is 13.7 Å². The summed E-state index contributed by atoms with van der Waals surface area (Å²) in [7, 11) is 1.54. The Kier molecular flexibility index (Phi) is 8.66. The largest absolute Gasteiger partial charge is 0.496 e. The second-order valence-corrected chi connectivity index (χ2v) is 8.50. The molecule has 0 fully saturated rings. The number of amides is 1. The van der Waals surface area contributed by atoms with Gasteiger partial charge in [-0.1, -0.05) is 25.1 Å². The Hall–Kier alpha value is -4.72. The van der Waals surface area contributed by atoms with Gasteiger partial charge in [0.2, 0.25) is 0 Å². The monoisotopic (exact) mass is 511 g/mol. The number of carbonyl (C=O) groups excluding carboxylic acids is 2. The number of pyridine rings is 1. The fraction of sp³-hybridized carbons (Fsp3) is 0.200. The van der Waals surface area contributed by atoms with E-state index in [1.807, 2.05) is 48.5 Å². The molecule has 38 heavy (non-hydrogen) atoms. The number of para-hydroxylation sites is 1. The van der Waals surface area contributed by atoms with Crippen molar-refractivity contribution in [2.45, 2.75) is 26.9 Å². The van der Waals surface area contributed by atoms with Crippen molar-refractivity contribution >= 4 is 29.0 Å². The van der Waals surface area contributed by atoms with Gasteiger partial charge >= 0.3 is 5.97 Å². The average Bonchev–Trinajstić information content (AvgIpc) is 2.94. The van der Waals surface area contributed by atoms with Gasteiger partial charge in [0.1, 0.15) is 18.1 Å². The molecular formula is C30H29N3O5. The Bertz CT molecular complexity index is 1460. The number of methoxy groups -OCH3 is 1. The van der Waals surface area contributed by atoms with E-state index in [2.05, 4.69) is 17.5 Å². The molecule has 0 radical (unpaired) electrons. The van der Waals surface area contributed by atoms with E-state index in [9.17, 15) is 9.59 Å². The Labute approximate surface area is 221 Å². The van der Waals surface area contributed by atoms with Gasteiger partial charge in [0, 0.05) is 23.4 Å². The van der Waals surface area contributed by atoms with E-state index < -0.39 is 0 Å². The van der Waals surface area contributed by atoms with Gasteiger partial charge in [0.25, 0.3) is 5.91 Å². The highest BCUT2D eigenvalue weighted by atomic mass is 16.5. The van der Waals surface area contributed by atoms with Crippen LogP contribution in [0.25, 0.3) is 22.2 Å². The number of aromatic nitrogens is 1. The number of ether oxygens (including phenoxy) is 3. The highest BCUT2D eigenvalue weighted by Gasteiger charge is 2.14.